The molecule has 0 unspecified atom stereocenters. The highest BCUT2D eigenvalue weighted by Gasteiger charge is 2.17. The Morgan fingerprint density at radius 3 is 2.85 bits per heavy atom. The zero-order valence-corrected chi connectivity index (χ0v) is 12.5. The lowest BCUT2D eigenvalue weighted by atomic mass is 9.99. The van der Waals surface area contributed by atoms with Crippen LogP contribution in [0.25, 0.3) is 0 Å². The molecule has 0 atom stereocenters. The van der Waals surface area contributed by atoms with Crippen molar-refractivity contribution in [3.05, 3.63) is 58.1 Å². The van der Waals surface area contributed by atoms with Gasteiger partial charge in [0.2, 0.25) is 0 Å². The quantitative estimate of drug-likeness (QED) is 0.839. The summed E-state index contributed by atoms with van der Waals surface area (Å²) in [6.07, 6.45) is 2.38. The molecule has 2 N–H and O–H groups in total. The van der Waals surface area contributed by atoms with Crippen LogP contribution in [0, 0.1) is 6.92 Å². The summed E-state index contributed by atoms with van der Waals surface area (Å²) in [6, 6.07) is 12.6. The smallest absolute Gasteiger partial charge is 0.0638 e. The van der Waals surface area contributed by atoms with Crippen molar-refractivity contribution in [2.45, 2.75) is 26.3 Å². The van der Waals surface area contributed by atoms with E-state index in [2.05, 4.69) is 36.1 Å². The Kier molecular flexibility index (Phi) is 3.58. The number of nitrogens with two attached hydrogens (primary N) is 1. The highest BCUT2D eigenvalue weighted by atomic mass is 35.5. The van der Waals surface area contributed by atoms with Crippen LogP contribution in [0.1, 0.15) is 23.1 Å². The van der Waals surface area contributed by atoms with E-state index >= 15 is 0 Å². The van der Waals surface area contributed by atoms with E-state index in [1.54, 1.807) is 0 Å². The van der Waals surface area contributed by atoms with Gasteiger partial charge in [-0.25, -0.2) is 0 Å². The minimum atomic E-state index is 0.642. The molecule has 0 saturated carbocycles. The Balaban J connectivity index is 1.87. The summed E-state index contributed by atoms with van der Waals surface area (Å²) in [5.74, 6) is 0. The molecule has 0 aromatic heterocycles. The summed E-state index contributed by atoms with van der Waals surface area (Å²) in [4.78, 5) is 2.43. The predicted molar refractivity (Wildman–Crippen MR) is 86.4 cm³/mol. The lowest BCUT2D eigenvalue weighted by molar-refractivity contribution is 0.691. The standard InChI is InChI=1S/C17H19ClN2/c1-12-4-7-17-14(9-12)3-2-8-20(17)11-13-5-6-16(19)15(18)10-13/h4-7,9-10H,2-3,8,11,19H2,1H3. The summed E-state index contributed by atoms with van der Waals surface area (Å²) in [5.41, 5.74) is 11.8. The average molecular weight is 287 g/mol. The van der Waals surface area contributed by atoms with Gasteiger partial charge in [0.15, 0.2) is 0 Å². The summed E-state index contributed by atoms with van der Waals surface area (Å²) in [6.45, 7) is 4.13. The maximum Gasteiger partial charge on any atom is 0.0638 e. The molecular weight excluding hydrogens is 268 g/mol. The molecule has 0 radical (unpaired) electrons. The fourth-order valence-corrected chi connectivity index (χ4v) is 3.06. The lowest BCUT2D eigenvalue weighted by Gasteiger charge is -2.31. The summed E-state index contributed by atoms with van der Waals surface area (Å²) < 4.78 is 0. The zero-order valence-electron chi connectivity index (χ0n) is 11.7. The first kappa shape index (κ1) is 13.3. The SMILES string of the molecule is Cc1ccc2c(c1)CCCN2Cc1ccc(N)c(Cl)c1. The minimum absolute atomic E-state index is 0.642. The number of nitrogen functional groups attached to an aromatic ring is 1. The van der Waals surface area contributed by atoms with Gasteiger partial charge in [-0.05, 0) is 49.1 Å². The Morgan fingerprint density at radius 2 is 2.05 bits per heavy atom. The second-order valence-corrected chi connectivity index (χ2v) is 5.92. The molecule has 3 heteroatoms. The van der Waals surface area contributed by atoms with Crippen LogP contribution in [-0.2, 0) is 13.0 Å². The number of benzene rings is 2. The fourth-order valence-electron chi connectivity index (χ4n) is 2.86. The van der Waals surface area contributed by atoms with Crippen LogP contribution >= 0.6 is 11.6 Å². The molecule has 0 spiro atoms. The Hall–Kier alpha value is -1.67. The third-order valence-corrected chi connectivity index (χ3v) is 4.22. The number of nitrogens with zero attached hydrogens (tertiary/aromatic N) is 1. The second-order valence-electron chi connectivity index (χ2n) is 5.51. The van der Waals surface area contributed by atoms with Crippen LogP contribution in [0.2, 0.25) is 5.02 Å². The molecule has 20 heavy (non-hydrogen) atoms. The normalized spacial score (nSPS) is 14.2. The van der Waals surface area contributed by atoms with Crippen molar-refractivity contribution in [1.82, 2.24) is 0 Å². The molecule has 0 bridgehead atoms. The van der Waals surface area contributed by atoms with Gasteiger partial charge in [0.1, 0.15) is 0 Å². The lowest BCUT2D eigenvalue weighted by Crippen LogP contribution is -2.28. The first-order valence-corrected chi connectivity index (χ1v) is 7.39. The Morgan fingerprint density at radius 1 is 1.20 bits per heavy atom. The van der Waals surface area contributed by atoms with Gasteiger partial charge in [-0.15, -0.1) is 0 Å². The first-order chi connectivity index (χ1) is 9.63. The number of hydrogen-bond acceptors (Lipinski definition) is 2. The molecule has 0 amide bonds. The van der Waals surface area contributed by atoms with E-state index in [9.17, 15) is 0 Å². The molecule has 0 aliphatic carbocycles. The van der Waals surface area contributed by atoms with Crippen molar-refractivity contribution < 1.29 is 0 Å². The summed E-state index contributed by atoms with van der Waals surface area (Å²) in [5, 5.41) is 0.642. The number of fused-ring (bicyclic) bond motifs is 1. The zero-order chi connectivity index (χ0) is 14.1. The van der Waals surface area contributed by atoms with E-state index < -0.39 is 0 Å². The molecule has 1 heterocycles. The van der Waals surface area contributed by atoms with Crippen molar-refractivity contribution in [2.24, 2.45) is 0 Å². The van der Waals surface area contributed by atoms with E-state index in [-0.39, 0.29) is 0 Å². The number of hydrogen-bond donors (Lipinski definition) is 1. The van der Waals surface area contributed by atoms with Gasteiger partial charge in [0.05, 0.1) is 10.7 Å². The third kappa shape index (κ3) is 2.61. The largest absolute Gasteiger partial charge is 0.398 e. The van der Waals surface area contributed by atoms with E-state index in [4.69, 9.17) is 17.3 Å². The van der Waals surface area contributed by atoms with Gasteiger partial charge in [-0.1, -0.05) is 35.4 Å². The van der Waals surface area contributed by atoms with Gasteiger partial charge in [0, 0.05) is 18.8 Å². The Bertz CT molecular complexity index is 637. The predicted octanol–water partition coefficient (Wildman–Crippen LogP) is 4.18. The molecule has 0 saturated heterocycles. The fraction of sp³-hybridized carbons (Fsp3) is 0.294. The van der Waals surface area contributed by atoms with E-state index in [0.29, 0.717) is 10.7 Å². The van der Waals surface area contributed by atoms with Crippen molar-refractivity contribution >= 4 is 23.0 Å². The molecule has 2 aromatic carbocycles. The molecular formula is C17H19ClN2. The minimum Gasteiger partial charge on any atom is -0.398 e. The van der Waals surface area contributed by atoms with E-state index in [0.717, 1.165) is 13.1 Å². The van der Waals surface area contributed by atoms with Crippen LogP contribution in [0.15, 0.2) is 36.4 Å². The molecule has 3 rings (SSSR count). The van der Waals surface area contributed by atoms with Crippen LogP contribution in [-0.4, -0.2) is 6.54 Å². The molecule has 1 aliphatic heterocycles. The topological polar surface area (TPSA) is 29.3 Å². The van der Waals surface area contributed by atoms with E-state index in [1.165, 1.54) is 35.2 Å². The number of anilines is 2. The van der Waals surface area contributed by atoms with Crippen molar-refractivity contribution in [3.63, 3.8) is 0 Å². The van der Waals surface area contributed by atoms with Gasteiger partial charge < -0.3 is 10.6 Å². The molecule has 104 valence electrons. The van der Waals surface area contributed by atoms with Gasteiger partial charge in [-0.2, -0.15) is 0 Å². The van der Waals surface area contributed by atoms with E-state index in [1.807, 2.05) is 12.1 Å². The molecule has 1 aliphatic rings. The van der Waals surface area contributed by atoms with Gasteiger partial charge in [-0.3, -0.25) is 0 Å². The monoisotopic (exact) mass is 286 g/mol. The van der Waals surface area contributed by atoms with Crippen LogP contribution in [0.4, 0.5) is 11.4 Å². The maximum absolute atomic E-state index is 6.11. The van der Waals surface area contributed by atoms with Crippen molar-refractivity contribution in [3.8, 4) is 0 Å². The second kappa shape index (κ2) is 5.37. The van der Waals surface area contributed by atoms with Crippen molar-refractivity contribution in [1.29, 1.82) is 0 Å². The van der Waals surface area contributed by atoms with Gasteiger partial charge in [0.25, 0.3) is 0 Å². The van der Waals surface area contributed by atoms with Crippen LogP contribution in [0.3, 0.4) is 0 Å². The molecule has 2 aromatic rings. The van der Waals surface area contributed by atoms with Crippen LogP contribution < -0.4 is 10.6 Å². The summed E-state index contributed by atoms with van der Waals surface area (Å²) in [7, 11) is 0. The van der Waals surface area contributed by atoms with Gasteiger partial charge >= 0.3 is 0 Å². The Labute approximate surface area is 125 Å². The average Bonchev–Trinajstić information content (AvgIpc) is 2.43. The van der Waals surface area contributed by atoms with Crippen molar-refractivity contribution in [2.75, 3.05) is 17.2 Å². The third-order valence-electron chi connectivity index (χ3n) is 3.89. The van der Waals surface area contributed by atoms with Crippen LogP contribution in [0.5, 0.6) is 0 Å². The molecule has 2 nitrogen and oxygen atoms in total. The number of rotatable bonds is 2. The highest BCUT2D eigenvalue weighted by Crippen LogP contribution is 2.30. The number of aryl methyl sites for hydroxylation is 2. The first-order valence-electron chi connectivity index (χ1n) is 7.02. The summed E-state index contributed by atoms with van der Waals surface area (Å²) >= 11 is 6.11. The maximum atomic E-state index is 6.11. The number of halogens is 1. The molecule has 0 fully saturated rings. The highest BCUT2D eigenvalue weighted by molar-refractivity contribution is 6.33.